The zero-order valence-electron chi connectivity index (χ0n) is 16.7. The summed E-state index contributed by atoms with van der Waals surface area (Å²) in [5.41, 5.74) is 2.98. The Hall–Kier alpha value is -2.01. The Morgan fingerprint density at radius 1 is 0.926 bits per heavy atom. The van der Waals surface area contributed by atoms with Crippen LogP contribution in [0.4, 0.5) is 0 Å². The summed E-state index contributed by atoms with van der Waals surface area (Å²) < 4.78 is 0. The van der Waals surface area contributed by atoms with E-state index in [4.69, 9.17) is 9.97 Å². The lowest BCUT2D eigenvalue weighted by Crippen LogP contribution is -2.57. The fraction of sp³-hybridized carbons (Fsp3) is 0.591. The fourth-order valence-corrected chi connectivity index (χ4v) is 5.80. The maximum atomic E-state index is 14.0. The minimum atomic E-state index is -0.552. The number of benzene rings is 1. The van der Waals surface area contributed by atoms with Gasteiger partial charge >= 0.3 is 0 Å². The lowest BCUT2D eigenvalue weighted by Gasteiger charge is -2.44. The van der Waals surface area contributed by atoms with E-state index >= 15 is 0 Å². The molecule has 2 heterocycles. The maximum Gasteiger partial charge on any atom is 0.235 e. The Morgan fingerprint density at radius 2 is 1.52 bits per heavy atom. The van der Waals surface area contributed by atoms with E-state index in [-0.39, 0.29) is 16.7 Å². The van der Waals surface area contributed by atoms with E-state index in [0.29, 0.717) is 0 Å². The number of piperazine rings is 1. The normalized spacial score (nSPS) is 32.1. The third-order valence-corrected chi connectivity index (χ3v) is 8.10. The molecule has 2 aromatic rings. The summed E-state index contributed by atoms with van der Waals surface area (Å²) in [5, 5.41) is 0. The van der Waals surface area contributed by atoms with Gasteiger partial charge in [-0.3, -0.25) is 4.79 Å². The molecule has 142 valence electrons. The molecule has 0 N–H and O–H groups in total. The monoisotopic (exact) mass is 364 g/mol. The molecule has 1 aromatic heterocycles. The van der Waals surface area contributed by atoms with Crippen LogP contribution in [0.5, 0.6) is 0 Å². The quantitative estimate of drug-likeness (QED) is 0.781. The minimum Gasteiger partial charge on any atom is -0.339 e. The molecule has 0 spiro atoms. The molecule has 0 radical (unpaired) electrons. The third-order valence-electron chi connectivity index (χ3n) is 8.10. The van der Waals surface area contributed by atoms with Crippen molar-refractivity contribution in [3.63, 3.8) is 0 Å². The molecule has 1 saturated heterocycles. The van der Waals surface area contributed by atoms with Gasteiger partial charge in [-0.25, -0.2) is 9.97 Å². The third kappa shape index (κ3) is 1.91. The standard InChI is InChI=1S/C22H28N4O/c1-20(2)21(3)9-10-22(20,19(27)26-13-11-25(4)12-14-26)18-17(21)23-15-7-5-6-8-16(15)24-18/h5-8H,9-14H2,1-4H3/t21-,22-/m0/s1. The highest BCUT2D eigenvalue weighted by Crippen LogP contribution is 2.70. The number of carbonyl (C=O) groups is 1. The van der Waals surface area contributed by atoms with Gasteiger partial charge in [-0.15, -0.1) is 0 Å². The molecule has 27 heavy (non-hydrogen) atoms. The maximum absolute atomic E-state index is 14.0. The van der Waals surface area contributed by atoms with Crippen molar-refractivity contribution in [3.05, 3.63) is 35.7 Å². The van der Waals surface area contributed by atoms with E-state index < -0.39 is 5.41 Å². The Balaban J connectivity index is 1.70. The lowest BCUT2D eigenvalue weighted by atomic mass is 9.63. The highest BCUT2D eigenvalue weighted by atomic mass is 16.2. The largest absolute Gasteiger partial charge is 0.339 e. The van der Waals surface area contributed by atoms with Gasteiger partial charge in [-0.2, -0.15) is 0 Å². The predicted molar refractivity (Wildman–Crippen MR) is 106 cm³/mol. The molecule has 2 bridgehead atoms. The number of hydrogen-bond acceptors (Lipinski definition) is 4. The first-order chi connectivity index (χ1) is 12.8. The average Bonchev–Trinajstić information content (AvgIpc) is 2.96. The number of amides is 1. The SMILES string of the molecule is CN1CCN(C(=O)[C@]23CC[C@@](C)(c4nc5ccccc5nc42)C3(C)C)CC1. The second-order valence-corrected chi connectivity index (χ2v) is 9.37. The van der Waals surface area contributed by atoms with Crippen LogP contribution in [0.1, 0.15) is 45.0 Å². The van der Waals surface area contributed by atoms with Gasteiger partial charge in [-0.1, -0.05) is 32.9 Å². The molecular formula is C22H28N4O. The molecule has 5 nitrogen and oxygen atoms in total. The van der Waals surface area contributed by atoms with Crippen LogP contribution in [0, 0.1) is 5.41 Å². The van der Waals surface area contributed by atoms with Gasteiger partial charge < -0.3 is 9.80 Å². The zero-order chi connectivity index (χ0) is 19.0. The van der Waals surface area contributed by atoms with E-state index in [2.05, 4.69) is 37.6 Å². The molecule has 1 amide bonds. The number of fused-ring (bicyclic) bond motifs is 6. The van der Waals surface area contributed by atoms with Crippen molar-refractivity contribution in [3.8, 4) is 0 Å². The number of hydrogen-bond donors (Lipinski definition) is 0. The van der Waals surface area contributed by atoms with Gasteiger partial charge in [0.1, 0.15) is 0 Å². The first-order valence-electron chi connectivity index (χ1n) is 10.1. The van der Waals surface area contributed by atoms with E-state index in [1.807, 2.05) is 24.3 Å². The molecule has 2 aliphatic carbocycles. The molecule has 5 rings (SSSR count). The van der Waals surface area contributed by atoms with Crippen LogP contribution >= 0.6 is 0 Å². The molecule has 3 aliphatic rings. The van der Waals surface area contributed by atoms with Crippen LogP contribution in [0.15, 0.2) is 24.3 Å². The Morgan fingerprint density at radius 3 is 2.15 bits per heavy atom. The van der Waals surface area contributed by atoms with Gasteiger partial charge in [0, 0.05) is 31.6 Å². The number of carbonyl (C=O) groups excluding carboxylic acids is 1. The van der Waals surface area contributed by atoms with E-state index in [0.717, 1.165) is 61.4 Å². The van der Waals surface area contributed by atoms with E-state index in [9.17, 15) is 4.79 Å². The molecule has 1 aromatic carbocycles. The number of para-hydroxylation sites is 2. The zero-order valence-corrected chi connectivity index (χ0v) is 16.7. The minimum absolute atomic E-state index is 0.110. The van der Waals surface area contributed by atoms with Gasteiger partial charge in [-0.05, 0) is 37.4 Å². The average molecular weight is 364 g/mol. The van der Waals surface area contributed by atoms with Crippen molar-refractivity contribution < 1.29 is 4.79 Å². The molecule has 1 saturated carbocycles. The first-order valence-corrected chi connectivity index (χ1v) is 10.1. The van der Waals surface area contributed by atoms with Crippen molar-refractivity contribution >= 4 is 16.9 Å². The van der Waals surface area contributed by atoms with Crippen molar-refractivity contribution in [2.45, 2.75) is 44.4 Å². The van der Waals surface area contributed by atoms with Crippen LogP contribution in [0.3, 0.4) is 0 Å². The lowest BCUT2D eigenvalue weighted by molar-refractivity contribution is -0.143. The summed E-state index contributed by atoms with van der Waals surface area (Å²) in [6.07, 6.45) is 1.88. The topological polar surface area (TPSA) is 49.3 Å². The van der Waals surface area contributed by atoms with Gasteiger partial charge in [0.25, 0.3) is 0 Å². The summed E-state index contributed by atoms with van der Waals surface area (Å²) in [5.74, 6) is 0.271. The van der Waals surface area contributed by atoms with E-state index in [1.165, 1.54) is 0 Å². The molecular weight excluding hydrogens is 336 g/mol. The van der Waals surface area contributed by atoms with Gasteiger partial charge in [0.05, 0.1) is 27.8 Å². The van der Waals surface area contributed by atoms with Gasteiger partial charge in [0.15, 0.2) is 0 Å². The van der Waals surface area contributed by atoms with Crippen molar-refractivity contribution in [2.24, 2.45) is 5.41 Å². The van der Waals surface area contributed by atoms with Crippen LogP contribution in [0.25, 0.3) is 11.0 Å². The highest BCUT2D eigenvalue weighted by molar-refractivity contribution is 5.93. The summed E-state index contributed by atoms with van der Waals surface area (Å²) in [4.78, 5) is 28.5. The molecule has 1 aliphatic heterocycles. The molecule has 0 unspecified atom stereocenters. The summed E-state index contributed by atoms with van der Waals surface area (Å²) in [6, 6.07) is 8.05. The number of rotatable bonds is 1. The van der Waals surface area contributed by atoms with Crippen molar-refractivity contribution in [1.82, 2.24) is 19.8 Å². The molecule has 5 heteroatoms. The Kier molecular flexibility index (Phi) is 3.35. The molecule has 2 atom stereocenters. The van der Waals surface area contributed by atoms with Crippen molar-refractivity contribution in [2.75, 3.05) is 33.2 Å². The Bertz CT molecular complexity index is 946. The second-order valence-electron chi connectivity index (χ2n) is 9.37. The summed E-state index contributed by atoms with van der Waals surface area (Å²) in [6.45, 7) is 10.3. The van der Waals surface area contributed by atoms with E-state index in [1.54, 1.807) is 0 Å². The summed E-state index contributed by atoms with van der Waals surface area (Å²) >= 11 is 0. The van der Waals surface area contributed by atoms with Crippen LogP contribution in [-0.2, 0) is 15.6 Å². The Labute approximate surface area is 160 Å². The highest BCUT2D eigenvalue weighted by Gasteiger charge is 2.73. The molecule has 2 fully saturated rings. The predicted octanol–water partition coefficient (Wildman–Crippen LogP) is 2.73. The number of likely N-dealkylation sites (N-methyl/N-ethyl adjacent to an activating group) is 1. The summed E-state index contributed by atoms with van der Waals surface area (Å²) in [7, 11) is 2.12. The number of aromatic nitrogens is 2. The number of nitrogens with zero attached hydrogens (tertiary/aromatic N) is 4. The van der Waals surface area contributed by atoms with Crippen LogP contribution in [-0.4, -0.2) is 58.9 Å². The van der Waals surface area contributed by atoms with Crippen molar-refractivity contribution in [1.29, 1.82) is 0 Å². The second kappa shape index (κ2) is 5.28. The first kappa shape index (κ1) is 17.1. The van der Waals surface area contributed by atoms with Crippen LogP contribution < -0.4 is 0 Å². The van der Waals surface area contributed by atoms with Gasteiger partial charge in [0.2, 0.25) is 5.91 Å². The smallest absolute Gasteiger partial charge is 0.235 e. The fourth-order valence-electron chi connectivity index (χ4n) is 5.80. The van der Waals surface area contributed by atoms with Crippen LogP contribution in [0.2, 0.25) is 0 Å².